The summed E-state index contributed by atoms with van der Waals surface area (Å²) in [5.41, 5.74) is 8.53. The number of ether oxygens (including phenoxy) is 2. The molecule has 4 heterocycles. The van der Waals surface area contributed by atoms with Gasteiger partial charge in [-0.2, -0.15) is 10.4 Å². The number of amides is 1. The number of rotatable bonds is 6. The lowest BCUT2D eigenvalue weighted by Gasteiger charge is -2.43. The van der Waals surface area contributed by atoms with E-state index in [-0.39, 0.29) is 35.2 Å². The summed E-state index contributed by atoms with van der Waals surface area (Å²) in [7, 11) is 3.08. The van der Waals surface area contributed by atoms with Crippen LogP contribution < -0.4 is 5.73 Å². The number of carbonyl (C=O) groups excluding carboxylic acids is 1. The van der Waals surface area contributed by atoms with E-state index >= 15 is 8.78 Å². The van der Waals surface area contributed by atoms with Crippen LogP contribution in [0.15, 0.2) is 48.9 Å². The number of halogens is 2. The smallest absolute Gasteiger partial charge is 0.409 e. The molecule has 0 unspecified atom stereocenters. The molecule has 1 aliphatic heterocycles. The van der Waals surface area contributed by atoms with Gasteiger partial charge < -0.3 is 20.1 Å². The molecule has 1 aromatic carbocycles. The second kappa shape index (κ2) is 12.7. The lowest BCUT2D eigenvalue weighted by molar-refractivity contribution is 0.0673. The maximum absolute atomic E-state index is 15.6. The van der Waals surface area contributed by atoms with Gasteiger partial charge in [-0.25, -0.2) is 23.1 Å². The first kappa shape index (κ1) is 31.5. The Balaban J connectivity index is 1.29. The number of aromatic nitrogens is 4. The van der Waals surface area contributed by atoms with Gasteiger partial charge in [-0.3, -0.25) is 4.98 Å². The van der Waals surface area contributed by atoms with E-state index in [1.807, 2.05) is 12.3 Å². The monoisotopic (exact) mass is 629 g/mol. The molecule has 2 N–H and O–H groups in total. The molecule has 4 aromatic rings. The summed E-state index contributed by atoms with van der Waals surface area (Å²) in [6.45, 7) is 2.82. The zero-order valence-corrected chi connectivity index (χ0v) is 26.1. The molecule has 1 aliphatic carbocycles. The summed E-state index contributed by atoms with van der Waals surface area (Å²) in [5.74, 6) is -0.711. The van der Waals surface area contributed by atoms with E-state index in [9.17, 15) is 10.1 Å². The second-order valence-corrected chi connectivity index (χ2v) is 12.5. The molecule has 46 heavy (non-hydrogen) atoms. The standard InChI is InChI=1S/C34H37F2N7O3/c1-20-12-21(13-28(38)32(20)42(2)33(44)45-3)25-6-9-39-17-22(25)14-30-40-18-24-4-5-29(41-43(24)30)31-26(35)15-23(16-27(31)36)34(19-37)7-10-46-11-8-34/h4-6,9,15-18,20-21,28,32H,7-8,10-14,38H2,1-3H3/t20-,21+,28+,32-/m0/s1. The summed E-state index contributed by atoms with van der Waals surface area (Å²) in [6.07, 6.45) is 7.45. The van der Waals surface area contributed by atoms with Crippen LogP contribution in [0.5, 0.6) is 0 Å². The summed E-state index contributed by atoms with van der Waals surface area (Å²) < 4.78 is 43.1. The highest BCUT2D eigenvalue weighted by atomic mass is 19.1. The fraction of sp³-hybridized carbons (Fsp3) is 0.441. The van der Waals surface area contributed by atoms with Crippen LogP contribution in [0.3, 0.4) is 0 Å². The predicted molar refractivity (Wildman–Crippen MR) is 166 cm³/mol. The van der Waals surface area contributed by atoms with Gasteiger partial charge in [0.05, 0.1) is 47.6 Å². The molecule has 0 spiro atoms. The van der Waals surface area contributed by atoms with Gasteiger partial charge in [0, 0.05) is 45.1 Å². The largest absolute Gasteiger partial charge is 0.453 e. The fourth-order valence-electron chi connectivity index (χ4n) is 7.38. The van der Waals surface area contributed by atoms with Crippen molar-refractivity contribution in [2.45, 2.75) is 62.4 Å². The average Bonchev–Trinajstić information content (AvgIpc) is 3.45. The number of benzene rings is 1. The number of fused-ring (bicyclic) bond motifs is 1. The number of imidazole rings is 1. The fourth-order valence-corrected chi connectivity index (χ4v) is 7.38. The van der Waals surface area contributed by atoms with Crippen molar-refractivity contribution in [3.05, 3.63) is 83.1 Å². The number of nitriles is 1. The Morgan fingerprint density at radius 3 is 2.61 bits per heavy atom. The lowest BCUT2D eigenvalue weighted by atomic mass is 9.72. The minimum Gasteiger partial charge on any atom is -0.453 e. The lowest BCUT2D eigenvalue weighted by Crippen LogP contribution is -2.55. The summed E-state index contributed by atoms with van der Waals surface area (Å²) in [4.78, 5) is 22.8. The van der Waals surface area contributed by atoms with E-state index in [1.54, 1.807) is 41.0 Å². The first-order chi connectivity index (χ1) is 22.2. The van der Waals surface area contributed by atoms with E-state index in [0.717, 1.165) is 17.5 Å². The molecule has 1 saturated heterocycles. The molecule has 3 aromatic heterocycles. The molecule has 2 aliphatic rings. The van der Waals surface area contributed by atoms with Crippen molar-refractivity contribution in [2.24, 2.45) is 11.7 Å². The maximum atomic E-state index is 15.6. The van der Waals surface area contributed by atoms with E-state index in [4.69, 9.17) is 15.2 Å². The Labute approximate surface area is 266 Å². The summed E-state index contributed by atoms with van der Waals surface area (Å²) >= 11 is 0. The number of nitrogens with two attached hydrogens (primary N) is 1. The summed E-state index contributed by atoms with van der Waals surface area (Å²) in [5, 5.41) is 14.5. The number of hydrogen-bond acceptors (Lipinski definition) is 8. The molecule has 0 radical (unpaired) electrons. The number of pyridine rings is 1. The number of nitrogens with zero attached hydrogens (tertiary/aromatic N) is 6. The second-order valence-electron chi connectivity index (χ2n) is 12.5. The molecule has 10 nitrogen and oxygen atoms in total. The molecule has 2 fully saturated rings. The third kappa shape index (κ3) is 5.69. The first-order valence-corrected chi connectivity index (χ1v) is 15.5. The van der Waals surface area contributed by atoms with Crippen molar-refractivity contribution < 1.29 is 23.0 Å². The minimum absolute atomic E-state index is 0.116. The van der Waals surface area contributed by atoms with Crippen LogP contribution in [0.2, 0.25) is 0 Å². The van der Waals surface area contributed by atoms with Gasteiger partial charge in [-0.05, 0) is 84.5 Å². The first-order valence-electron chi connectivity index (χ1n) is 15.5. The van der Waals surface area contributed by atoms with Gasteiger partial charge in [0.25, 0.3) is 0 Å². The Morgan fingerprint density at radius 2 is 1.93 bits per heavy atom. The number of likely N-dealkylation sites (N-methyl/N-ethyl adjacent to an activating group) is 1. The summed E-state index contributed by atoms with van der Waals surface area (Å²) in [6, 6.07) is 9.66. The molecule has 12 heteroatoms. The molecule has 4 atom stereocenters. The molecular formula is C34H37F2N7O3. The Morgan fingerprint density at radius 1 is 1.20 bits per heavy atom. The molecule has 1 amide bonds. The van der Waals surface area contributed by atoms with Crippen LogP contribution in [0, 0.1) is 28.9 Å². The molecular weight excluding hydrogens is 592 g/mol. The van der Waals surface area contributed by atoms with Crippen LogP contribution in [-0.2, 0) is 21.3 Å². The van der Waals surface area contributed by atoms with E-state index < -0.39 is 23.1 Å². The van der Waals surface area contributed by atoms with Crippen molar-refractivity contribution in [2.75, 3.05) is 27.4 Å². The third-order valence-electron chi connectivity index (χ3n) is 9.74. The Hall–Kier alpha value is -4.47. The maximum Gasteiger partial charge on any atom is 0.409 e. The average molecular weight is 630 g/mol. The highest BCUT2D eigenvalue weighted by Crippen LogP contribution is 2.40. The molecule has 240 valence electrons. The zero-order chi connectivity index (χ0) is 32.6. The third-order valence-corrected chi connectivity index (χ3v) is 9.74. The van der Waals surface area contributed by atoms with E-state index in [2.05, 4.69) is 28.1 Å². The number of methoxy groups -OCH3 is 1. The van der Waals surface area contributed by atoms with E-state index in [1.165, 1.54) is 19.2 Å². The number of carbonyl (C=O) groups is 1. The minimum atomic E-state index is -0.993. The van der Waals surface area contributed by atoms with Crippen LogP contribution in [0.25, 0.3) is 16.8 Å². The molecule has 1 saturated carbocycles. The Kier molecular flexibility index (Phi) is 8.72. The zero-order valence-electron chi connectivity index (χ0n) is 26.1. The van der Waals surface area contributed by atoms with Crippen LogP contribution >= 0.6 is 0 Å². The quantitative estimate of drug-likeness (QED) is 0.310. The highest BCUT2D eigenvalue weighted by Gasteiger charge is 2.39. The van der Waals surface area contributed by atoms with Gasteiger partial charge in [0.15, 0.2) is 0 Å². The predicted octanol–water partition coefficient (Wildman–Crippen LogP) is 5.14. The van der Waals surface area contributed by atoms with Crippen molar-refractivity contribution in [3.63, 3.8) is 0 Å². The van der Waals surface area contributed by atoms with Gasteiger partial charge in [-0.15, -0.1) is 0 Å². The SMILES string of the molecule is COC(=O)N(C)[C@@H]1[C@H](N)C[C@H](c2ccncc2Cc2ncc3ccc(-c4c(F)cc(C5(C#N)CCOCC5)cc4F)nn23)C[C@@H]1C. The van der Waals surface area contributed by atoms with Crippen LogP contribution in [0.4, 0.5) is 13.6 Å². The topological polar surface area (TPSA) is 132 Å². The van der Waals surface area contributed by atoms with Crippen molar-refractivity contribution >= 4 is 11.6 Å². The van der Waals surface area contributed by atoms with Crippen molar-refractivity contribution in [3.8, 4) is 17.3 Å². The van der Waals surface area contributed by atoms with Crippen LogP contribution in [-0.4, -0.2) is 70.0 Å². The van der Waals surface area contributed by atoms with Gasteiger partial charge >= 0.3 is 6.09 Å². The van der Waals surface area contributed by atoms with Gasteiger partial charge in [0.1, 0.15) is 17.5 Å². The van der Waals surface area contributed by atoms with Gasteiger partial charge in [-0.1, -0.05) is 6.92 Å². The van der Waals surface area contributed by atoms with Crippen LogP contribution in [0.1, 0.15) is 61.0 Å². The van der Waals surface area contributed by atoms with Crippen molar-refractivity contribution in [1.29, 1.82) is 5.26 Å². The number of hydrogen-bond donors (Lipinski definition) is 1. The van der Waals surface area contributed by atoms with Crippen molar-refractivity contribution in [1.82, 2.24) is 24.5 Å². The van der Waals surface area contributed by atoms with Gasteiger partial charge in [0.2, 0.25) is 0 Å². The highest BCUT2D eigenvalue weighted by molar-refractivity contribution is 5.67. The molecule has 6 rings (SSSR count). The van der Waals surface area contributed by atoms with E-state index in [0.29, 0.717) is 55.8 Å². The normalized spacial score (nSPS) is 22.7. The Bertz CT molecular complexity index is 1760. The molecule has 0 bridgehead atoms.